The summed E-state index contributed by atoms with van der Waals surface area (Å²) in [6.45, 7) is 4.45. The molecule has 1 aliphatic rings. The second-order valence-corrected chi connectivity index (χ2v) is 6.85. The lowest BCUT2D eigenvalue weighted by Crippen LogP contribution is -2.26. The van der Waals surface area contributed by atoms with Crippen LogP contribution in [0.2, 0.25) is 0 Å². The highest BCUT2D eigenvalue weighted by molar-refractivity contribution is 7.10. The topological polar surface area (TPSA) is 57.5 Å². The van der Waals surface area contributed by atoms with Crippen molar-refractivity contribution in [2.24, 2.45) is 11.8 Å². The van der Waals surface area contributed by atoms with Crippen LogP contribution < -0.4 is 0 Å². The molecule has 106 valence electrons. The number of carbonyl (C=O) groups is 1. The largest absolute Gasteiger partial charge is 0.478 e. The van der Waals surface area contributed by atoms with E-state index in [1.165, 1.54) is 11.3 Å². The third-order valence-electron chi connectivity index (χ3n) is 4.36. The van der Waals surface area contributed by atoms with Crippen molar-refractivity contribution >= 4 is 17.3 Å². The van der Waals surface area contributed by atoms with E-state index in [2.05, 4.69) is 13.8 Å². The SMILES string of the molecule is CC(C)C1CCCC(O)(c2sccc2C(=O)O)CC1. The molecule has 19 heavy (non-hydrogen) atoms. The maximum absolute atomic E-state index is 11.2. The Balaban J connectivity index is 2.23. The molecule has 0 spiro atoms. The Morgan fingerprint density at radius 1 is 1.42 bits per heavy atom. The first-order chi connectivity index (χ1) is 8.94. The average Bonchev–Trinajstić information content (AvgIpc) is 2.75. The summed E-state index contributed by atoms with van der Waals surface area (Å²) in [6, 6.07) is 1.60. The Morgan fingerprint density at radius 2 is 2.16 bits per heavy atom. The maximum Gasteiger partial charge on any atom is 0.336 e. The van der Waals surface area contributed by atoms with Crippen LogP contribution in [0.15, 0.2) is 11.4 Å². The minimum absolute atomic E-state index is 0.274. The van der Waals surface area contributed by atoms with E-state index in [1.807, 2.05) is 0 Å². The van der Waals surface area contributed by atoms with Crippen molar-refractivity contribution in [3.8, 4) is 0 Å². The van der Waals surface area contributed by atoms with Crippen molar-refractivity contribution in [2.75, 3.05) is 0 Å². The summed E-state index contributed by atoms with van der Waals surface area (Å²) < 4.78 is 0. The fourth-order valence-electron chi connectivity index (χ4n) is 3.08. The minimum Gasteiger partial charge on any atom is -0.478 e. The van der Waals surface area contributed by atoms with E-state index in [4.69, 9.17) is 0 Å². The van der Waals surface area contributed by atoms with Gasteiger partial charge < -0.3 is 10.2 Å². The number of aromatic carboxylic acids is 1. The van der Waals surface area contributed by atoms with Gasteiger partial charge in [0.2, 0.25) is 0 Å². The highest BCUT2D eigenvalue weighted by atomic mass is 32.1. The fraction of sp³-hybridized carbons (Fsp3) is 0.667. The van der Waals surface area contributed by atoms with Crippen molar-refractivity contribution in [1.82, 2.24) is 0 Å². The summed E-state index contributed by atoms with van der Waals surface area (Å²) in [4.78, 5) is 11.9. The van der Waals surface area contributed by atoms with E-state index in [0.29, 0.717) is 29.6 Å². The van der Waals surface area contributed by atoms with E-state index in [-0.39, 0.29) is 5.56 Å². The van der Waals surface area contributed by atoms with Crippen molar-refractivity contribution in [3.05, 3.63) is 21.9 Å². The Bertz CT molecular complexity index is 452. The van der Waals surface area contributed by atoms with Gasteiger partial charge in [0.1, 0.15) is 0 Å². The number of rotatable bonds is 3. The summed E-state index contributed by atoms with van der Waals surface area (Å²) in [5, 5.41) is 21.9. The smallest absolute Gasteiger partial charge is 0.336 e. The number of thiophene rings is 1. The van der Waals surface area contributed by atoms with Crippen LogP contribution in [0.4, 0.5) is 0 Å². The first-order valence-corrected chi connectivity index (χ1v) is 7.85. The van der Waals surface area contributed by atoms with Gasteiger partial charge in [0, 0.05) is 0 Å². The lowest BCUT2D eigenvalue weighted by Gasteiger charge is -2.26. The van der Waals surface area contributed by atoms with Gasteiger partial charge in [0.25, 0.3) is 0 Å². The van der Waals surface area contributed by atoms with Crippen LogP contribution in [0.1, 0.15) is 61.2 Å². The van der Waals surface area contributed by atoms with Crippen molar-refractivity contribution in [1.29, 1.82) is 0 Å². The lowest BCUT2D eigenvalue weighted by atomic mass is 9.87. The van der Waals surface area contributed by atoms with E-state index < -0.39 is 11.6 Å². The van der Waals surface area contributed by atoms with Gasteiger partial charge in [-0.2, -0.15) is 0 Å². The first kappa shape index (κ1) is 14.5. The van der Waals surface area contributed by atoms with Gasteiger partial charge in [-0.15, -0.1) is 11.3 Å². The van der Waals surface area contributed by atoms with Crippen LogP contribution in [-0.2, 0) is 5.60 Å². The van der Waals surface area contributed by atoms with Crippen LogP contribution >= 0.6 is 11.3 Å². The first-order valence-electron chi connectivity index (χ1n) is 6.97. The fourth-order valence-corrected chi connectivity index (χ4v) is 4.13. The Kier molecular flexibility index (Phi) is 4.31. The van der Waals surface area contributed by atoms with Gasteiger partial charge in [-0.3, -0.25) is 0 Å². The zero-order chi connectivity index (χ0) is 14.0. The molecule has 1 heterocycles. The van der Waals surface area contributed by atoms with Crippen LogP contribution in [-0.4, -0.2) is 16.2 Å². The van der Waals surface area contributed by atoms with Gasteiger partial charge in [-0.25, -0.2) is 4.79 Å². The molecule has 2 N–H and O–H groups in total. The van der Waals surface area contributed by atoms with E-state index >= 15 is 0 Å². The van der Waals surface area contributed by atoms with Crippen molar-refractivity contribution in [3.63, 3.8) is 0 Å². The summed E-state index contributed by atoms with van der Waals surface area (Å²) in [5.74, 6) is 0.334. The Labute approximate surface area is 118 Å². The third kappa shape index (κ3) is 3.00. The number of carboxylic acid groups (broad SMARTS) is 1. The Morgan fingerprint density at radius 3 is 2.79 bits per heavy atom. The lowest BCUT2D eigenvalue weighted by molar-refractivity contribution is 0.0209. The molecule has 0 amide bonds. The minimum atomic E-state index is -0.939. The molecule has 2 atom stereocenters. The molecule has 3 nitrogen and oxygen atoms in total. The molecular formula is C15H22O3S. The normalized spacial score (nSPS) is 28.3. The molecule has 0 aromatic carbocycles. The molecule has 0 radical (unpaired) electrons. The zero-order valence-corrected chi connectivity index (χ0v) is 12.4. The number of hydrogen-bond donors (Lipinski definition) is 2. The molecule has 1 aliphatic carbocycles. The van der Waals surface area contributed by atoms with Gasteiger partial charge in [-0.05, 0) is 49.0 Å². The molecular weight excluding hydrogens is 260 g/mol. The van der Waals surface area contributed by atoms with Crippen LogP contribution in [0.25, 0.3) is 0 Å². The Hall–Kier alpha value is -0.870. The van der Waals surface area contributed by atoms with E-state index in [1.54, 1.807) is 11.4 Å². The zero-order valence-electron chi connectivity index (χ0n) is 11.6. The average molecular weight is 282 g/mol. The number of carboxylic acids is 1. The predicted octanol–water partition coefficient (Wildman–Crippen LogP) is 3.87. The molecule has 4 heteroatoms. The quantitative estimate of drug-likeness (QED) is 0.827. The molecule has 2 rings (SSSR count). The second-order valence-electron chi connectivity index (χ2n) is 5.94. The van der Waals surface area contributed by atoms with Gasteiger partial charge >= 0.3 is 5.97 Å². The standard InChI is InChI=1S/C15H22O3S/c1-10(2)11-4-3-7-15(18,8-5-11)13-12(14(16)17)6-9-19-13/h6,9-11,18H,3-5,7-8H2,1-2H3,(H,16,17). The highest BCUT2D eigenvalue weighted by Gasteiger charge is 2.37. The van der Waals surface area contributed by atoms with Crippen LogP contribution in [0, 0.1) is 11.8 Å². The molecule has 1 saturated carbocycles. The highest BCUT2D eigenvalue weighted by Crippen LogP contribution is 2.42. The predicted molar refractivity (Wildman–Crippen MR) is 76.6 cm³/mol. The van der Waals surface area contributed by atoms with Gasteiger partial charge in [0.05, 0.1) is 16.0 Å². The third-order valence-corrected chi connectivity index (χ3v) is 5.46. The maximum atomic E-state index is 11.2. The number of hydrogen-bond acceptors (Lipinski definition) is 3. The van der Waals surface area contributed by atoms with Crippen molar-refractivity contribution < 1.29 is 15.0 Å². The molecule has 1 fully saturated rings. The van der Waals surface area contributed by atoms with Crippen molar-refractivity contribution in [2.45, 2.75) is 51.6 Å². The molecule has 1 aromatic heterocycles. The summed E-state index contributed by atoms with van der Waals surface area (Å²) in [7, 11) is 0. The number of aliphatic hydroxyl groups is 1. The monoisotopic (exact) mass is 282 g/mol. The van der Waals surface area contributed by atoms with Crippen LogP contribution in [0.3, 0.4) is 0 Å². The molecule has 0 saturated heterocycles. The van der Waals surface area contributed by atoms with E-state index in [9.17, 15) is 15.0 Å². The van der Waals surface area contributed by atoms with Gasteiger partial charge in [0.15, 0.2) is 0 Å². The molecule has 0 bridgehead atoms. The summed E-state index contributed by atoms with van der Waals surface area (Å²) >= 11 is 1.37. The second kappa shape index (κ2) is 5.63. The van der Waals surface area contributed by atoms with Crippen LogP contribution in [0.5, 0.6) is 0 Å². The molecule has 1 aromatic rings. The summed E-state index contributed by atoms with van der Waals surface area (Å²) in [5.41, 5.74) is -0.665. The summed E-state index contributed by atoms with van der Waals surface area (Å²) in [6.07, 6.45) is 4.43. The molecule has 0 aliphatic heterocycles. The van der Waals surface area contributed by atoms with Gasteiger partial charge in [-0.1, -0.05) is 20.3 Å². The van der Waals surface area contributed by atoms with E-state index in [0.717, 1.165) is 19.3 Å². The molecule has 2 unspecified atom stereocenters.